The van der Waals surface area contributed by atoms with Gasteiger partial charge in [0.25, 0.3) is 5.91 Å². The van der Waals surface area contributed by atoms with Gasteiger partial charge in [-0.2, -0.15) is 0 Å². The molecule has 0 unspecified atom stereocenters. The average molecular weight is 524 g/mol. The van der Waals surface area contributed by atoms with Crippen molar-refractivity contribution in [3.63, 3.8) is 0 Å². The van der Waals surface area contributed by atoms with Crippen molar-refractivity contribution >= 4 is 39.6 Å². The molecule has 3 heterocycles. The Bertz CT molecular complexity index is 1730. The van der Waals surface area contributed by atoms with Gasteiger partial charge in [0.05, 0.1) is 28.9 Å². The van der Waals surface area contributed by atoms with Gasteiger partial charge >= 0.3 is 5.97 Å². The third kappa shape index (κ3) is 4.79. The van der Waals surface area contributed by atoms with E-state index in [1.165, 1.54) is 4.90 Å². The number of rotatable bonds is 7. The number of pyridine rings is 1. The Kier molecular flexibility index (Phi) is 6.74. The van der Waals surface area contributed by atoms with Crippen LogP contribution in [0.15, 0.2) is 60.9 Å². The van der Waals surface area contributed by atoms with Crippen LogP contribution >= 0.6 is 0 Å². The molecule has 0 bridgehead atoms. The highest BCUT2D eigenvalue weighted by Gasteiger charge is 2.29. The van der Waals surface area contributed by atoms with Gasteiger partial charge < -0.3 is 19.2 Å². The Labute approximate surface area is 225 Å². The van der Waals surface area contributed by atoms with Crippen LogP contribution in [0.1, 0.15) is 62.0 Å². The maximum atomic E-state index is 14.0. The molecule has 0 aliphatic carbocycles. The molecule has 0 spiro atoms. The number of amides is 1. The second kappa shape index (κ2) is 10.2. The second-order valence-corrected chi connectivity index (χ2v) is 9.89. The number of aryl methyl sites for hydroxylation is 1. The lowest BCUT2D eigenvalue weighted by Crippen LogP contribution is -2.24. The van der Waals surface area contributed by atoms with E-state index in [-0.39, 0.29) is 34.6 Å². The van der Waals surface area contributed by atoms with Gasteiger partial charge in [0, 0.05) is 43.3 Å². The van der Waals surface area contributed by atoms with E-state index in [2.05, 4.69) is 19.5 Å². The van der Waals surface area contributed by atoms with Gasteiger partial charge in [0.15, 0.2) is 5.78 Å². The summed E-state index contributed by atoms with van der Waals surface area (Å²) >= 11 is 0. The van der Waals surface area contributed by atoms with Crippen LogP contribution in [0.25, 0.3) is 21.9 Å². The van der Waals surface area contributed by atoms with E-state index in [4.69, 9.17) is 4.74 Å². The Morgan fingerprint density at radius 3 is 2.49 bits per heavy atom. The smallest absolute Gasteiger partial charge is 0.339 e. The normalized spacial score (nSPS) is 11.3. The summed E-state index contributed by atoms with van der Waals surface area (Å²) in [6.07, 6.45) is 3.13. The summed E-state index contributed by atoms with van der Waals surface area (Å²) < 4.78 is 7.53. The molecule has 3 aromatic heterocycles. The molecule has 0 saturated carbocycles. The minimum atomic E-state index is -0.555. The van der Waals surface area contributed by atoms with Crippen LogP contribution in [0, 0.1) is 6.92 Å². The summed E-state index contributed by atoms with van der Waals surface area (Å²) in [6, 6.07) is 14.2. The largest absolute Gasteiger partial charge is 0.459 e. The molecule has 5 rings (SSSR count). The molecular weight excluding hydrogens is 494 g/mol. The first-order valence-corrected chi connectivity index (χ1v) is 12.6. The van der Waals surface area contributed by atoms with Crippen molar-refractivity contribution < 1.29 is 19.1 Å². The molecule has 9 heteroatoms. The number of H-pyrrole nitrogens is 1. The molecule has 1 N–H and O–H groups in total. The van der Waals surface area contributed by atoms with Gasteiger partial charge in [0.2, 0.25) is 0 Å². The van der Waals surface area contributed by atoms with Crippen LogP contribution in [0.2, 0.25) is 0 Å². The Balaban J connectivity index is 1.56. The first kappa shape index (κ1) is 25.8. The summed E-state index contributed by atoms with van der Waals surface area (Å²) in [4.78, 5) is 53.2. The number of carbonyl (C=O) groups is 3. The zero-order valence-corrected chi connectivity index (χ0v) is 22.5. The first-order chi connectivity index (χ1) is 18.7. The van der Waals surface area contributed by atoms with Crippen LogP contribution in [-0.4, -0.2) is 62.3 Å². The Morgan fingerprint density at radius 2 is 1.79 bits per heavy atom. The highest BCUT2D eigenvalue weighted by atomic mass is 16.5. The van der Waals surface area contributed by atoms with Crippen molar-refractivity contribution in [2.75, 3.05) is 14.1 Å². The summed E-state index contributed by atoms with van der Waals surface area (Å²) in [5.74, 6) is -0.421. The molecule has 39 heavy (non-hydrogen) atoms. The predicted octanol–water partition coefficient (Wildman–Crippen LogP) is 4.77. The zero-order chi connectivity index (χ0) is 27.8. The third-order valence-corrected chi connectivity index (χ3v) is 6.53. The number of carbonyl (C=O) groups excluding carboxylic acids is 3. The number of ketones is 1. The Morgan fingerprint density at radius 1 is 1.05 bits per heavy atom. The summed E-state index contributed by atoms with van der Waals surface area (Å²) in [7, 11) is 3.23. The van der Waals surface area contributed by atoms with E-state index >= 15 is 0 Å². The van der Waals surface area contributed by atoms with E-state index < -0.39 is 5.97 Å². The zero-order valence-electron chi connectivity index (χ0n) is 22.5. The van der Waals surface area contributed by atoms with Crippen molar-refractivity contribution in [2.24, 2.45) is 0 Å². The van der Waals surface area contributed by atoms with Crippen LogP contribution < -0.4 is 0 Å². The lowest BCUT2D eigenvalue weighted by molar-refractivity contribution is 0.0380. The lowest BCUT2D eigenvalue weighted by Gasteiger charge is -2.12. The summed E-state index contributed by atoms with van der Waals surface area (Å²) in [5.41, 5.74) is 4.20. The molecular formula is C30H29N5O4. The third-order valence-electron chi connectivity index (χ3n) is 6.53. The fraction of sp³-hybridized carbons (Fsp3) is 0.233. The quantitative estimate of drug-likeness (QED) is 0.243. The molecule has 5 aromatic rings. The second-order valence-electron chi connectivity index (χ2n) is 9.89. The van der Waals surface area contributed by atoms with E-state index in [9.17, 15) is 14.4 Å². The maximum Gasteiger partial charge on any atom is 0.339 e. The molecule has 0 fully saturated rings. The number of aromatic amines is 1. The van der Waals surface area contributed by atoms with Crippen LogP contribution in [0.3, 0.4) is 0 Å². The van der Waals surface area contributed by atoms with Crippen molar-refractivity contribution in [3.05, 3.63) is 94.7 Å². The van der Waals surface area contributed by atoms with Gasteiger partial charge in [-0.15, -0.1) is 0 Å². The number of fused-ring (bicyclic) bond motifs is 2. The topological polar surface area (TPSA) is 110 Å². The molecule has 198 valence electrons. The first-order valence-electron chi connectivity index (χ1n) is 12.6. The molecule has 0 atom stereocenters. The number of hydrogen-bond acceptors (Lipinski definition) is 6. The number of aromatic nitrogens is 4. The summed E-state index contributed by atoms with van der Waals surface area (Å²) in [5, 5.41) is 0.372. The van der Waals surface area contributed by atoms with Crippen molar-refractivity contribution in [2.45, 2.75) is 33.4 Å². The number of esters is 1. The molecule has 0 aliphatic heterocycles. The number of imidazole rings is 1. The van der Waals surface area contributed by atoms with Gasteiger partial charge in [-0.3, -0.25) is 14.6 Å². The number of ether oxygens (including phenoxy) is 1. The predicted molar refractivity (Wildman–Crippen MR) is 148 cm³/mol. The highest BCUT2D eigenvalue weighted by molar-refractivity contribution is 6.24. The van der Waals surface area contributed by atoms with Crippen molar-refractivity contribution in [3.8, 4) is 0 Å². The van der Waals surface area contributed by atoms with E-state index in [1.54, 1.807) is 70.7 Å². The number of benzene rings is 2. The standard InChI is InChI=1S/C30H29N5O4/c1-17(2)39-30(38)21-7-6-8-22-25(21)26(27(33-22)29(37)34(4)5)28(36)20-11-9-19(10-12-20)16-35-18(3)32-23-15-31-14-13-24(23)35/h6-15,17,33H,16H2,1-5H3. The van der Waals surface area contributed by atoms with Crippen LogP contribution in [0.4, 0.5) is 0 Å². The molecule has 0 aliphatic rings. The van der Waals surface area contributed by atoms with Gasteiger partial charge in [-0.25, -0.2) is 9.78 Å². The lowest BCUT2D eigenvalue weighted by atomic mass is 9.96. The van der Waals surface area contributed by atoms with E-state index in [0.29, 0.717) is 23.0 Å². The maximum absolute atomic E-state index is 14.0. The molecule has 9 nitrogen and oxygen atoms in total. The molecule has 0 saturated heterocycles. The van der Waals surface area contributed by atoms with Gasteiger partial charge in [0.1, 0.15) is 17.0 Å². The number of nitrogens with zero attached hydrogens (tertiary/aromatic N) is 4. The SMILES string of the molecule is Cc1nc2cnccc2n1Cc1ccc(C(=O)c2c(C(=O)N(C)C)[nH]c3cccc(C(=O)OC(C)C)c23)cc1. The summed E-state index contributed by atoms with van der Waals surface area (Å²) in [6.45, 7) is 6.03. The average Bonchev–Trinajstić information content (AvgIpc) is 3.45. The van der Waals surface area contributed by atoms with Crippen molar-refractivity contribution in [1.82, 2.24) is 24.4 Å². The minimum Gasteiger partial charge on any atom is -0.459 e. The van der Waals surface area contributed by atoms with Gasteiger partial charge in [-0.05, 0) is 44.5 Å². The minimum absolute atomic E-state index is 0.128. The van der Waals surface area contributed by atoms with Crippen LogP contribution in [-0.2, 0) is 11.3 Å². The molecule has 1 amide bonds. The van der Waals surface area contributed by atoms with Crippen molar-refractivity contribution in [1.29, 1.82) is 0 Å². The monoisotopic (exact) mass is 523 g/mol. The number of hydrogen-bond donors (Lipinski definition) is 1. The number of nitrogens with one attached hydrogen (secondary N) is 1. The fourth-order valence-corrected chi connectivity index (χ4v) is 4.70. The van der Waals surface area contributed by atoms with E-state index in [0.717, 1.165) is 22.4 Å². The molecule has 0 radical (unpaired) electrons. The van der Waals surface area contributed by atoms with Crippen LogP contribution in [0.5, 0.6) is 0 Å². The van der Waals surface area contributed by atoms with E-state index in [1.807, 2.05) is 25.1 Å². The molecule has 2 aromatic carbocycles. The fourth-order valence-electron chi connectivity index (χ4n) is 4.70. The highest BCUT2D eigenvalue weighted by Crippen LogP contribution is 2.30. The Hall–Kier alpha value is -4.79. The van der Waals surface area contributed by atoms with Gasteiger partial charge in [-0.1, -0.05) is 30.3 Å².